The molecule has 0 aliphatic heterocycles. The van der Waals surface area contributed by atoms with Gasteiger partial charge in [-0.1, -0.05) is 0 Å². The molecule has 6 nitrogen and oxygen atoms in total. The zero-order valence-corrected chi connectivity index (χ0v) is 13.6. The van der Waals surface area contributed by atoms with Crippen molar-refractivity contribution in [2.45, 2.75) is 10.7 Å². The average molecular weight is 353 g/mol. The second-order valence-electron chi connectivity index (χ2n) is 4.25. The van der Waals surface area contributed by atoms with E-state index in [1.807, 2.05) is 0 Å². The molecule has 0 spiro atoms. The Hall–Kier alpha value is -1.57. The first-order valence-electron chi connectivity index (χ1n) is 5.74. The molecule has 2 N–H and O–H groups in total. The molecule has 0 saturated heterocycles. The van der Waals surface area contributed by atoms with Gasteiger partial charge < -0.3 is 14.9 Å². The normalized spacial score (nSPS) is 13.5. The summed E-state index contributed by atoms with van der Waals surface area (Å²) in [5, 5.41) is 18.4. The Bertz CT molecular complexity index is 631. The highest BCUT2D eigenvalue weighted by Gasteiger charge is 2.26. The predicted octanol–water partition coefficient (Wildman–Crippen LogP) is 1.88. The van der Waals surface area contributed by atoms with Crippen molar-refractivity contribution in [3.8, 4) is 11.5 Å². The van der Waals surface area contributed by atoms with Crippen molar-refractivity contribution < 1.29 is 32.7 Å². The fourth-order valence-corrected chi connectivity index (χ4v) is 2.49. The lowest BCUT2D eigenvalue weighted by molar-refractivity contribution is -0.131. The van der Waals surface area contributed by atoms with Crippen molar-refractivity contribution in [1.29, 1.82) is 0 Å². The molecular weight excluding hydrogens is 339 g/mol. The largest absolute Gasteiger partial charge is 0.504 e. The number of carboxylic acids is 1. The summed E-state index contributed by atoms with van der Waals surface area (Å²) in [7, 11) is 2.42. The highest BCUT2D eigenvalue weighted by molar-refractivity contribution is 7.82. The van der Waals surface area contributed by atoms with Gasteiger partial charge in [0.25, 0.3) is 0 Å². The Balaban J connectivity index is 3.41. The van der Waals surface area contributed by atoms with E-state index in [4.69, 9.17) is 5.11 Å². The van der Waals surface area contributed by atoms with Crippen LogP contribution in [0.2, 0.25) is 0 Å². The maximum Gasteiger partial charge on any atom is 0.408 e. The smallest absolute Gasteiger partial charge is 0.408 e. The van der Waals surface area contributed by atoms with Crippen LogP contribution in [0.25, 0.3) is 6.08 Å². The van der Waals surface area contributed by atoms with Crippen molar-refractivity contribution in [1.82, 2.24) is 4.31 Å². The molecule has 0 amide bonds. The number of aromatic hydroxyl groups is 1. The number of carbonyl (C=O) groups is 1. The molecule has 0 aliphatic carbocycles. The van der Waals surface area contributed by atoms with Gasteiger partial charge in [0.15, 0.2) is 11.5 Å². The molecule has 1 aromatic rings. The molecule has 2 unspecified atom stereocenters. The first kappa shape index (κ1) is 18.5. The molecule has 0 saturated carbocycles. The Morgan fingerprint density at radius 3 is 2.50 bits per heavy atom. The molecule has 0 fully saturated rings. The Morgan fingerprint density at radius 1 is 1.45 bits per heavy atom. The van der Waals surface area contributed by atoms with Gasteiger partial charge in [-0.2, -0.15) is 8.78 Å². The van der Waals surface area contributed by atoms with Crippen LogP contribution in [0, 0.1) is 0 Å². The maximum atomic E-state index is 12.9. The van der Waals surface area contributed by atoms with Crippen LogP contribution in [0.3, 0.4) is 0 Å². The average Bonchev–Trinajstić information content (AvgIpc) is 2.36. The summed E-state index contributed by atoms with van der Waals surface area (Å²) >= 11 is 0. The second-order valence-corrected chi connectivity index (χ2v) is 6.60. The summed E-state index contributed by atoms with van der Waals surface area (Å²) in [6, 6.07) is 1.98. The topological polar surface area (TPSA) is 87.1 Å². The third kappa shape index (κ3) is 5.32. The van der Waals surface area contributed by atoms with Gasteiger partial charge in [0.1, 0.15) is 11.0 Å². The van der Waals surface area contributed by atoms with Crippen molar-refractivity contribution in [3.63, 3.8) is 0 Å². The first-order valence-corrected chi connectivity index (χ1v) is 7.42. The van der Waals surface area contributed by atoms with Crippen molar-refractivity contribution >= 4 is 32.3 Å². The van der Waals surface area contributed by atoms with Gasteiger partial charge in [-0.15, -0.1) is 0 Å². The van der Waals surface area contributed by atoms with E-state index in [1.54, 1.807) is 0 Å². The molecule has 0 aromatic heterocycles. The van der Waals surface area contributed by atoms with Crippen LogP contribution >= 0.6 is 9.24 Å². The summed E-state index contributed by atoms with van der Waals surface area (Å²) in [4.78, 5) is 10.6. The number of phenols is 1. The number of carboxylic acid groups (broad SMARTS) is 1. The zero-order valence-electron chi connectivity index (χ0n) is 11.6. The van der Waals surface area contributed by atoms with E-state index in [2.05, 4.69) is 4.74 Å². The Kier molecular flexibility index (Phi) is 5.99. The lowest BCUT2D eigenvalue weighted by Gasteiger charge is -2.17. The van der Waals surface area contributed by atoms with Gasteiger partial charge in [0.2, 0.25) is 0 Å². The molecule has 10 heteroatoms. The van der Waals surface area contributed by atoms with Crippen LogP contribution in [0.15, 0.2) is 23.1 Å². The van der Waals surface area contributed by atoms with Gasteiger partial charge in [-0.25, -0.2) is 13.3 Å². The number of hydrogen-bond acceptors (Lipinski definition) is 4. The fourth-order valence-electron chi connectivity index (χ4n) is 1.43. The van der Waals surface area contributed by atoms with Gasteiger partial charge in [0, 0.05) is 12.1 Å². The number of ether oxygens (including phenoxy) is 1. The molecule has 2 atom stereocenters. The van der Waals surface area contributed by atoms with E-state index in [0.717, 1.165) is 33.5 Å². The van der Waals surface area contributed by atoms with E-state index >= 15 is 0 Å². The van der Waals surface area contributed by atoms with Crippen LogP contribution in [0.1, 0.15) is 5.56 Å². The van der Waals surface area contributed by atoms with E-state index < -0.39 is 34.3 Å². The standard InChI is InChI=1S/C12H14F2NO5PS/c1-15(2)22(19)10-6-8(16)9(20-12(13,14)21)5-7(10)3-4-11(17)18/h3-6,16H,21H2,1-2H3,(H,17,18)/b4-3+. The summed E-state index contributed by atoms with van der Waals surface area (Å²) in [5.74, 6) is -6.09. The quantitative estimate of drug-likeness (QED) is 0.602. The Labute approximate surface area is 130 Å². The summed E-state index contributed by atoms with van der Waals surface area (Å²) in [6.07, 6.45) is 1.83. The van der Waals surface area contributed by atoms with Gasteiger partial charge in [-0.05, 0) is 41.0 Å². The number of hydrogen-bond donors (Lipinski definition) is 2. The van der Waals surface area contributed by atoms with Crippen LogP contribution in [0.4, 0.5) is 8.78 Å². The van der Waals surface area contributed by atoms with Crippen molar-refractivity contribution in [2.24, 2.45) is 0 Å². The monoisotopic (exact) mass is 353 g/mol. The molecule has 0 aliphatic rings. The molecule has 122 valence electrons. The summed E-state index contributed by atoms with van der Waals surface area (Å²) in [6.45, 7) is 0. The molecule has 0 bridgehead atoms. The minimum absolute atomic E-state index is 0.0550. The van der Waals surface area contributed by atoms with Gasteiger partial charge in [0.05, 0.1) is 4.90 Å². The second kappa shape index (κ2) is 7.13. The summed E-state index contributed by atoms with van der Waals surface area (Å²) in [5.41, 5.74) is 0.0662. The molecule has 1 aromatic carbocycles. The third-order valence-electron chi connectivity index (χ3n) is 2.26. The maximum absolute atomic E-state index is 12.9. The highest BCUT2D eigenvalue weighted by atomic mass is 32.2. The van der Waals surface area contributed by atoms with Gasteiger partial charge in [-0.3, -0.25) is 0 Å². The molecule has 0 heterocycles. The number of aliphatic carboxylic acids is 1. The van der Waals surface area contributed by atoms with Crippen LogP contribution in [-0.4, -0.2) is 44.6 Å². The number of nitrogens with zero attached hydrogens (tertiary/aromatic N) is 1. The van der Waals surface area contributed by atoms with E-state index in [-0.39, 0.29) is 10.5 Å². The number of alkyl halides is 2. The molecule has 0 radical (unpaired) electrons. The van der Waals surface area contributed by atoms with Crippen LogP contribution in [-0.2, 0) is 15.8 Å². The first-order chi connectivity index (χ1) is 10.0. The molecule has 22 heavy (non-hydrogen) atoms. The SMILES string of the molecule is CN(C)S(=O)c1cc(O)c(OC(F)(F)P)cc1/C=C/C(=O)O. The number of rotatable bonds is 6. The molecular formula is C12H14F2NO5PS. The van der Waals surface area contributed by atoms with E-state index in [1.165, 1.54) is 18.4 Å². The molecule has 1 rings (SSSR count). The highest BCUT2D eigenvalue weighted by Crippen LogP contribution is 2.37. The van der Waals surface area contributed by atoms with Crippen molar-refractivity contribution in [2.75, 3.05) is 14.1 Å². The lowest BCUT2D eigenvalue weighted by Crippen LogP contribution is -2.17. The zero-order chi connectivity index (χ0) is 17.1. The Morgan fingerprint density at radius 2 is 2.05 bits per heavy atom. The lowest BCUT2D eigenvalue weighted by atomic mass is 10.2. The van der Waals surface area contributed by atoms with E-state index in [9.17, 15) is 22.9 Å². The van der Waals surface area contributed by atoms with Gasteiger partial charge >= 0.3 is 11.8 Å². The van der Waals surface area contributed by atoms with E-state index in [0.29, 0.717) is 0 Å². The number of phenolic OH excluding ortho intramolecular Hbond substituents is 1. The van der Waals surface area contributed by atoms with Crippen molar-refractivity contribution in [3.05, 3.63) is 23.8 Å². The number of benzene rings is 1. The third-order valence-corrected chi connectivity index (χ3v) is 3.77. The number of halogens is 2. The summed E-state index contributed by atoms with van der Waals surface area (Å²) < 4.78 is 43.4. The van der Waals surface area contributed by atoms with Crippen LogP contribution in [0.5, 0.6) is 11.5 Å². The minimum atomic E-state index is -3.62. The van der Waals surface area contributed by atoms with Crippen LogP contribution < -0.4 is 4.74 Å². The predicted molar refractivity (Wildman–Crippen MR) is 80.2 cm³/mol. The fraction of sp³-hybridized carbons (Fsp3) is 0.250. The minimum Gasteiger partial charge on any atom is -0.504 e.